The van der Waals surface area contributed by atoms with Gasteiger partial charge in [0.25, 0.3) is 0 Å². The van der Waals surface area contributed by atoms with Crippen molar-refractivity contribution in [1.82, 2.24) is 10.2 Å². The van der Waals surface area contributed by atoms with Crippen molar-refractivity contribution < 1.29 is 9.53 Å². The second-order valence-electron chi connectivity index (χ2n) is 5.07. The Labute approximate surface area is 115 Å². The van der Waals surface area contributed by atoms with Gasteiger partial charge >= 0.3 is 0 Å². The number of rotatable bonds is 6. The van der Waals surface area contributed by atoms with E-state index in [0.29, 0.717) is 0 Å². The van der Waals surface area contributed by atoms with E-state index in [0.717, 1.165) is 12.2 Å². The molecule has 1 amide bonds. The summed E-state index contributed by atoms with van der Waals surface area (Å²) in [6, 6.07) is 8.09. The summed E-state index contributed by atoms with van der Waals surface area (Å²) in [6.45, 7) is 3.98. The normalized spacial score (nSPS) is 13.7. The molecule has 1 rings (SSSR count). The monoisotopic (exact) mass is 264 g/mol. The molecular formula is C15H24N2O2. The molecule has 0 saturated carbocycles. The van der Waals surface area contributed by atoms with E-state index < -0.39 is 0 Å². The lowest BCUT2D eigenvalue weighted by Crippen LogP contribution is -2.45. The molecule has 0 bridgehead atoms. The summed E-state index contributed by atoms with van der Waals surface area (Å²) < 4.78 is 5.13. The predicted octanol–water partition coefficient (Wildman–Crippen LogP) is 1.69. The van der Waals surface area contributed by atoms with Gasteiger partial charge in [0.05, 0.1) is 13.2 Å². The minimum atomic E-state index is -0.164. The highest BCUT2D eigenvalue weighted by molar-refractivity contribution is 5.80. The SMILES string of the molecule is COc1ccc(CC(C)NC(C)C(=O)N(C)C)cc1. The van der Waals surface area contributed by atoms with Crippen LogP contribution in [0, 0.1) is 0 Å². The number of benzene rings is 1. The molecule has 0 heterocycles. The minimum absolute atomic E-state index is 0.0987. The van der Waals surface area contributed by atoms with E-state index in [-0.39, 0.29) is 18.0 Å². The highest BCUT2D eigenvalue weighted by atomic mass is 16.5. The zero-order valence-corrected chi connectivity index (χ0v) is 12.4. The van der Waals surface area contributed by atoms with E-state index in [9.17, 15) is 4.79 Å². The lowest BCUT2D eigenvalue weighted by atomic mass is 10.1. The molecule has 2 unspecified atom stereocenters. The average molecular weight is 264 g/mol. The molecule has 106 valence electrons. The number of ether oxygens (including phenoxy) is 1. The largest absolute Gasteiger partial charge is 0.497 e. The molecule has 0 fully saturated rings. The number of nitrogens with one attached hydrogen (secondary N) is 1. The molecule has 0 aliphatic carbocycles. The third-order valence-corrected chi connectivity index (χ3v) is 3.05. The molecule has 0 aliphatic rings. The molecular weight excluding hydrogens is 240 g/mol. The first-order valence-corrected chi connectivity index (χ1v) is 6.54. The van der Waals surface area contributed by atoms with Crippen LogP contribution in [0.2, 0.25) is 0 Å². The second-order valence-corrected chi connectivity index (χ2v) is 5.07. The number of hydrogen-bond donors (Lipinski definition) is 1. The van der Waals surface area contributed by atoms with Crippen LogP contribution < -0.4 is 10.1 Å². The molecule has 0 radical (unpaired) electrons. The Morgan fingerprint density at radius 2 is 1.84 bits per heavy atom. The second kappa shape index (κ2) is 7.14. The van der Waals surface area contributed by atoms with Gasteiger partial charge in [0.2, 0.25) is 5.91 Å². The number of amides is 1. The van der Waals surface area contributed by atoms with Crippen molar-refractivity contribution in [1.29, 1.82) is 0 Å². The van der Waals surface area contributed by atoms with Gasteiger partial charge in [0, 0.05) is 20.1 Å². The van der Waals surface area contributed by atoms with Gasteiger partial charge in [-0.05, 0) is 38.0 Å². The van der Waals surface area contributed by atoms with Crippen molar-refractivity contribution >= 4 is 5.91 Å². The lowest BCUT2D eigenvalue weighted by Gasteiger charge is -2.22. The Balaban J connectivity index is 2.50. The fourth-order valence-electron chi connectivity index (χ4n) is 2.06. The van der Waals surface area contributed by atoms with Crippen LogP contribution in [0.3, 0.4) is 0 Å². The molecule has 0 aliphatic heterocycles. The summed E-state index contributed by atoms with van der Waals surface area (Å²) >= 11 is 0. The fraction of sp³-hybridized carbons (Fsp3) is 0.533. The number of nitrogens with zero attached hydrogens (tertiary/aromatic N) is 1. The molecule has 0 saturated heterocycles. The molecule has 4 heteroatoms. The van der Waals surface area contributed by atoms with Crippen LogP contribution >= 0.6 is 0 Å². The maximum atomic E-state index is 11.8. The first-order chi connectivity index (χ1) is 8.93. The van der Waals surface area contributed by atoms with E-state index in [1.807, 2.05) is 19.1 Å². The first kappa shape index (κ1) is 15.5. The minimum Gasteiger partial charge on any atom is -0.497 e. The Morgan fingerprint density at radius 3 is 2.32 bits per heavy atom. The average Bonchev–Trinajstić information content (AvgIpc) is 2.38. The summed E-state index contributed by atoms with van der Waals surface area (Å²) in [6.07, 6.45) is 0.884. The zero-order valence-electron chi connectivity index (χ0n) is 12.4. The quantitative estimate of drug-likeness (QED) is 0.850. The highest BCUT2D eigenvalue weighted by Gasteiger charge is 2.16. The summed E-state index contributed by atoms with van der Waals surface area (Å²) in [5, 5.41) is 3.32. The zero-order chi connectivity index (χ0) is 14.4. The number of carbonyl (C=O) groups excluding carboxylic acids is 1. The Hall–Kier alpha value is -1.55. The van der Waals surface area contributed by atoms with Gasteiger partial charge in [-0.25, -0.2) is 0 Å². The van der Waals surface area contributed by atoms with Crippen LogP contribution in [0.15, 0.2) is 24.3 Å². The van der Waals surface area contributed by atoms with Crippen molar-refractivity contribution in [2.24, 2.45) is 0 Å². The van der Waals surface area contributed by atoms with Crippen LogP contribution in [0.1, 0.15) is 19.4 Å². The van der Waals surface area contributed by atoms with Gasteiger partial charge in [-0.3, -0.25) is 4.79 Å². The van der Waals surface area contributed by atoms with Crippen LogP contribution in [0.5, 0.6) is 5.75 Å². The maximum absolute atomic E-state index is 11.8. The first-order valence-electron chi connectivity index (χ1n) is 6.54. The van der Waals surface area contributed by atoms with Crippen LogP contribution in [0.4, 0.5) is 0 Å². The highest BCUT2D eigenvalue weighted by Crippen LogP contribution is 2.12. The van der Waals surface area contributed by atoms with Gasteiger partial charge in [-0.2, -0.15) is 0 Å². The number of likely N-dealkylation sites (N-methyl/N-ethyl adjacent to an activating group) is 1. The van der Waals surface area contributed by atoms with Crippen molar-refractivity contribution in [3.8, 4) is 5.75 Å². The van der Waals surface area contributed by atoms with E-state index >= 15 is 0 Å². The summed E-state index contributed by atoms with van der Waals surface area (Å²) in [4.78, 5) is 13.4. The lowest BCUT2D eigenvalue weighted by molar-refractivity contribution is -0.130. The van der Waals surface area contributed by atoms with Gasteiger partial charge in [0.15, 0.2) is 0 Å². The number of hydrogen-bond acceptors (Lipinski definition) is 3. The Morgan fingerprint density at radius 1 is 1.26 bits per heavy atom. The standard InChI is InChI=1S/C15H24N2O2/c1-11(16-12(2)15(18)17(3)4)10-13-6-8-14(19-5)9-7-13/h6-9,11-12,16H,10H2,1-5H3. The number of carbonyl (C=O) groups is 1. The smallest absolute Gasteiger partial charge is 0.238 e. The summed E-state index contributed by atoms with van der Waals surface area (Å²) in [5.41, 5.74) is 1.23. The van der Waals surface area contributed by atoms with E-state index in [1.165, 1.54) is 5.56 Å². The predicted molar refractivity (Wildman–Crippen MR) is 77.5 cm³/mol. The fourth-order valence-corrected chi connectivity index (χ4v) is 2.06. The van der Waals surface area contributed by atoms with E-state index in [1.54, 1.807) is 26.1 Å². The third kappa shape index (κ3) is 4.91. The molecule has 1 aromatic rings. The molecule has 0 aromatic heterocycles. The van der Waals surface area contributed by atoms with Gasteiger partial charge in [-0.1, -0.05) is 12.1 Å². The van der Waals surface area contributed by atoms with Crippen LogP contribution in [-0.2, 0) is 11.2 Å². The van der Waals surface area contributed by atoms with Crippen LogP contribution in [-0.4, -0.2) is 44.1 Å². The Kier molecular flexibility index (Phi) is 5.83. The molecule has 4 nitrogen and oxygen atoms in total. The maximum Gasteiger partial charge on any atom is 0.238 e. The van der Waals surface area contributed by atoms with Gasteiger partial charge in [0.1, 0.15) is 5.75 Å². The van der Waals surface area contributed by atoms with Crippen molar-refractivity contribution in [3.05, 3.63) is 29.8 Å². The van der Waals surface area contributed by atoms with Crippen molar-refractivity contribution in [3.63, 3.8) is 0 Å². The van der Waals surface area contributed by atoms with Gasteiger partial charge < -0.3 is 15.0 Å². The van der Waals surface area contributed by atoms with Gasteiger partial charge in [-0.15, -0.1) is 0 Å². The molecule has 0 spiro atoms. The molecule has 1 aromatic carbocycles. The van der Waals surface area contributed by atoms with Crippen molar-refractivity contribution in [2.45, 2.75) is 32.4 Å². The number of methoxy groups -OCH3 is 1. The van der Waals surface area contributed by atoms with Crippen LogP contribution in [0.25, 0.3) is 0 Å². The summed E-state index contributed by atoms with van der Waals surface area (Å²) in [5.74, 6) is 0.960. The van der Waals surface area contributed by atoms with E-state index in [2.05, 4.69) is 24.4 Å². The third-order valence-electron chi connectivity index (χ3n) is 3.05. The molecule has 19 heavy (non-hydrogen) atoms. The van der Waals surface area contributed by atoms with Crippen molar-refractivity contribution in [2.75, 3.05) is 21.2 Å². The molecule has 2 atom stereocenters. The topological polar surface area (TPSA) is 41.6 Å². The Bertz CT molecular complexity index is 401. The summed E-state index contributed by atoms with van der Waals surface area (Å²) in [7, 11) is 5.21. The molecule has 1 N–H and O–H groups in total. The van der Waals surface area contributed by atoms with E-state index in [4.69, 9.17) is 4.74 Å².